The number of H-pyrrole nitrogens is 2. The number of rotatable bonds is 7. The molecule has 2 aliphatic rings. The molecule has 0 saturated carbocycles. The number of halogens is 2. The third-order valence-electron chi connectivity index (χ3n) is 8.45. The van der Waals surface area contributed by atoms with Gasteiger partial charge < -0.3 is 4.74 Å². The summed E-state index contributed by atoms with van der Waals surface area (Å²) in [7, 11) is 0. The zero-order valence-corrected chi connectivity index (χ0v) is 23.0. The van der Waals surface area contributed by atoms with Gasteiger partial charge in [0.15, 0.2) is 5.82 Å². The third kappa shape index (κ3) is 4.59. The summed E-state index contributed by atoms with van der Waals surface area (Å²) in [5.74, 6) is 1.27. The Bertz CT molecular complexity index is 1800. The monoisotopic (exact) mass is 564 g/mol. The second kappa shape index (κ2) is 10.3. The van der Waals surface area contributed by atoms with Crippen LogP contribution < -0.4 is 4.74 Å². The predicted molar refractivity (Wildman–Crippen MR) is 158 cm³/mol. The summed E-state index contributed by atoms with van der Waals surface area (Å²) in [4.78, 5) is 6.93. The van der Waals surface area contributed by atoms with E-state index in [2.05, 4.69) is 50.6 Å². The van der Waals surface area contributed by atoms with Crippen LogP contribution >= 0.6 is 0 Å². The first-order chi connectivity index (χ1) is 20.4. The van der Waals surface area contributed by atoms with E-state index >= 15 is 0 Å². The fraction of sp³-hybridized carbons (Fsp3) is 0.242. The molecular weight excluding hydrogens is 534 g/mol. The van der Waals surface area contributed by atoms with Gasteiger partial charge in [-0.2, -0.15) is 10.2 Å². The van der Waals surface area contributed by atoms with Crippen molar-refractivity contribution in [1.82, 2.24) is 30.3 Å². The summed E-state index contributed by atoms with van der Waals surface area (Å²) in [6.07, 6.45) is 6.08. The molecule has 0 spiro atoms. The highest BCUT2D eigenvalue weighted by molar-refractivity contribution is 5.95. The highest BCUT2D eigenvalue weighted by Gasteiger charge is 2.34. The molecule has 1 saturated heterocycles. The average molecular weight is 565 g/mol. The summed E-state index contributed by atoms with van der Waals surface area (Å²) in [6.45, 7) is 9.50. The first-order valence-corrected chi connectivity index (χ1v) is 14.1. The van der Waals surface area contributed by atoms with Crippen molar-refractivity contribution in [1.29, 1.82) is 0 Å². The van der Waals surface area contributed by atoms with Crippen molar-refractivity contribution in [3.8, 4) is 28.4 Å². The Hall–Kier alpha value is -4.63. The van der Waals surface area contributed by atoms with E-state index in [1.165, 1.54) is 18.2 Å². The molecule has 2 N–H and O–H groups in total. The van der Waals surface area contributed by atoms with Crippen molar-refractivity contribution < 1.29 is 13.5 Å². The number of fused-ring (bicyclic) bond motifs is 2. The van der Waals surface area contributed by atoms with Crippen LogP contribution in [0.2, 0.25) is 0 Å². The molecule has 1 fully saturated rings. The Morgan fingerprint density at radius 1 is 1.00 bits per heavy atom. The van der Waals surface area contributed by atoms with Gasteiger partial charge in [0.25, 0.3) is 0 Å². The fourth-order valence-electron chi connectivity index (χ4n) is 6.10. The molecule has 0 amide bonds. The molecule has 7 nitrogen and oxygen atoms in total. The van der Waals surface area contributed by atoms with Crippen LogP contribution in [0.15, 0.2) is 79.9 Å². The van der Waals surface area contributed by atoms with Gasteiger partial charge >= 0.3 is 0 Å². The summed E-state index contributed by atoms with van der Waals surface area (Å²) >= 11 is 0. The minimum Gasteiger partial charge on any atom is -0.478 e. The normalized spacial score (nSPS) is 18.1. The van der Waals surface area contributed by atoms with E-state index in [9.17, 15) is 8.78 Å². The van der Waals surface area contributed by atoms with Crippen molar-refractivity contribution in [2.45, 2.75) is 37.3 Å². The van der Waals surface area contributed by atoms with Crippen LogP contribution in [0.3, 0.4) is 0 Å². The second-order valence-electron chi connectivity index (χ2n) is 11.1. The van der Waals surface area contributed by atoms with E-state index in [4.69, 9.17) is 9.72 Å². The van der Waals surface area contributed by atoms with Gasteiger partial charge in [-0.1, -0.05) is 19.2 Å². The van der Waals surface area contributed by atoms with E-state index in [1.807, 2.05) is 24.3 Å². The summed E-state index contributed by atoms with van der Waals surface area (Å²) in [5.41, 5.74) is 4.20. The van der Waals surface area contributed by atoms with Crippen molar-refractivity contribution >= 4 is 10.9 Å². The number of nitrogens with zero attached hydrogens (tertiary/aromatic N) is 4. The molecular formula is C33H30F2N6O. The second-order valence-corrected chi connectivity index (χ2v) is 11.1. The van der Waals surface area contributed by atoms with E-state index in [-0.39, 0.29) is 18.0 Å². The highest BCUT2D eigenvalue weighted by Crippen LogP contribution is 2.40. The van der Waals surface area contributed by atoms with Crippen molar-refractivity contribution in [2.24, 2.45) is 0 Å². The highest BCUT2D eigenvalue weighted by atomic mass is 19.1. The minimum atomic E-state index is -0.589. The number of aromatic nitrogens is 5. The van der Waals surface area contributed by atoms with Crippen molar-refractivity contribution in [3.63, 3.8) is 0 Å². The van der Waals surface area contributed by atoms with Crippen LogP contribution in [0.4, 0.5) is 8.78 Å². The largest absolute Gasteiger partial charge is 0.478 e. The molecule has 4 heterocycles. The third-order valence-corrected chi connectivity index (χ3v) is 8.45. The number of aromatic amines is 2. The van der Waals surface area contributed by atoms with Crippen LogP contribution in [-0.4, -0.2) is 49.0 Å². The van der Waals surface area contributed by atoms with Gasteiger partial charge in [0.2, 0.25) is 0 Å². The molecule has 212 valence electrons. The quantitative estimate of drug-likeness (QED) is 0.215. The molecule has 7 rings (SSSR count). The van der Waals surface area contributed by atoms with E-state index in [1.54, 1.807) is 12.2 Å². The predicted octanol–water partition coefficient (Wildman–Crippen LogP) is 6.72. The Morgan fingerprint density at radius 3 is 2.62 bits per heavy atom. The summed E-state index contributed by atoms with van der Waals surface area (Å²) < 4.78 is 34.6. The maximum Gasteiger partial charge on any atom is 0.181 e. The number of benzene rings is 3. The zero-order valence-electron chi connectivity index (χ0n) is 23.0. The Labute approximate surface area is 241 Å². The van der Waals surface area contributed by atoms with Gasteiger partial charge in [-0.3, -0.25) is 15.1 Å². The van der Waals surface area contributed by atoms with E-state index in [0.717, 1.165) is 64.2 Å². The standard InChI is InChI=1S/C33H30F2N6O/c1-3-33(4-2)17-23-15-20(11-13-29(23)42-33)30-24-16-21(10-12-28(24)37-38-30)31-36-32(40-39-31)22-7-6-14-41(18-22)19-25-26(34)8-5-9-27(25)35/h3-5,8-13,15-16,22H,1-2,6-7,14,17-19H2,(H,37,38)(H,36,39,40)/t22-/m1/s1. The fourth-order valence-corrected chi connectivity index (χ4v) is 6.10. The first kappa shape index (κ1) is 26.3. The molecule has 0 unspecified atom stereocenters. The van der Waals surface area contributed by atoms with Crippen LogP contribution in [0.5, 0.6) is 5.75 Å². The van der Waals surface area contributed by atoms with Crippen molar-refractivity contribution in [3.05, 3.63) is 108 Å². The molecule has 9 heteroatoms. The number of piperidine rings is 1. The SMILES string of the molecule is C=CC1(C=C)Cc2cc(-c3n[nH]c4ccc(-c5n[nH]c([C@@H]6CCCN(Cc7c(F)cccc7F)C6)n5)cc34)ccc2O1. The lowest BCUT2D eigenvalue weighted by Crippen LogP contribution is -2.34. The molecule has 2 aromatic heterocycles. The molecule has 42 heavy (non-hydrogen) atoms. The van der Waals surface area contributed by atoms with E-state index < -0.39 is 17.2 Å². The topological polar surface area (TPSA) is 82.7 Å². The van der Waals surface area contributed by atoms with Gasteiger partial charge in [0, 0.05) is 47.5 Å². The van der Waals surface area contributed by atoms with Gasteiger partial charge in [-0.15, -0.1) is 0 Å². The molecule has 1 atom stereocenters. The number of likely N-dealkylation sites (tertiary alicyclic amines) is 1. The lowest BCUT2D eigenvalue weighted by atomic mass is 9.95. The van der Waals surface area contributed by atoms with Gasteiger partial charge in [-0.25, -0.2) is 13.8 Å². The maximum atomic E-state index is 14.2. The maximum absolute atomic E-state index is 14.2. The molecule has 5 aromatic rings. The van der Waals surface area contributed by atoms with Crippen molar-refractivity contribution in [2.75, 3.05) is 13.1 Å². The smallest absolute Gasteiger partial charge is 0.181 e. The Balaban J connectivity index is 1.13. The summed E-state index contributed by atoms with van der Waals surface area (Å²) in [5, 5.41) is 16.4. The average Bonchev–Trinajstić information content (AvgIpc) is 3.76. The van der Waals surface area contributed by atoms with Gasteiger partial charge in [0.05, 0.1) is 11.2 Å². The number of ether oxygens (including phenoxy) is 1. The molecule has 0 radical (unpaired) electrons. The zero-order chi connectivity index (χ0) is 28.8. The first-order valence-electron chi connectivity index (χ1n) is 14.1. The van der Waals surface area contributed by atoms with Gasteiger partial charge in [-0.05, 0) is 85.6 Å². The molecule has 3 aromatic carbocycles. The number of hydrogen-bond acceptors (Lipinski definition) is 5. The summed E-state index contributed by atoms with van der Waals surface area (Å²) in [6, 6.07) is 16.1. The molecule has 0 aliphatic carbocycles. The lowest BCUT2D eigenvalue weighted by Gasteiger charge is -2.31. The van der Waals surface area contributed by atoms with E-state index in [0.29, 0.717) is 18.8 Å². The molecule has 2 aliphatic heterocycles. The number of nitrogens with one attached hydrogen (secondary N) is 2. The van der Waals surface area contributed by atoms with Crippen LogP contribution in [0.1, 0.15) is 35.7 Å². The Kier molecular flexibility index (Phi) is 6.46. The van der Waals surface area contributed by atoms with Gasteiger partial charge in [0.1, 0.15) is 28.8 Å². The minimum absolute atomic E-state index is 0.0925. The molecule has 0 bridgehead atoms. The number of hydrogen-bond donors (Lipinski definition) is 2. The van der Waals surface area contributed by atoms with Crippen LogP contribution in [0.25, 0.3) is 33.5 Å². The lowest BCUT2D eigenvalue weighted by molar-refractivity contribution is 0.192. The van der Waals surface area contributed by atoms with Crippen LogP contribution in [0, 0.1) is 11.6 Å². The van der Waals surface area contributed by atoms with Crippen LogP contribution in [-0.2, 0) is 13.0 Å². The Morgan fingerprint density at radius 2 is 1.81 bits per heavy atom.